The number of rotatable bonds is 7. The number of carboxylic acids is 1. The van der Waals surface area contributed by atoms with Crippen LogP contribution in [0.1, 0.15) is 18.4 Å². The maximum atomic E-state index is 12.3. The smallest absolute Gasteiger partial charge is 0.317 e. The monoisotopic (exact) mass is 366 g/mol. The van der Waals surface area contributed by atoms with E-state index in [1.54, 1.807) is 32.3 Å². The van der Waals surface area contributed by atoms with E-state index in [1.165, 1.54) is 0 Å². The minimum Gasteiger partial charge on any atom is -0.493 e. The van der Waals surface area contributed by atoms with E-state index in [2.05, 4.69) is 5.32 Å². The molecule has 0 saturated carbocycles. The fourth-order valence-corrected chi connectivity index (χ4v) is 3.14. The van der Waals surface area contributed by atoms with Gasteiger partial charge in [0.25, 0.3) is 0 Å². The average molecular weight is 366 g/mol. The van der Waals surface area contributed by atoms with Crippen LogP contribution in [0.4, 0.5) is 4.79 Å². The molecule has 1 fully saturated rings. The second-order valence-corrected chi connectivity index (χ2v) is 6.10. The minimum atomic E-state index is -0.849. The van der Waals surface area contributed by atoms with Crippen molar-refractivity contribution in [3.05, 3.63) is 17.7 Å². The van der Waals surface area contributed by atoms with Crippen LogP contribution in [-0.2, 0) is 11.2 Å². The van der Waals surface area contributed by atoms with Crippen LogP contribution in [0.5, 0.6) is 17.2 Å². The Labute approximate surface area is 153 Å². The maximum absolute atomic E-state index is 12.3. The minimum absolute atomic E-state index is 0.240. The normalized spacial score (nSPS) is 16.7. The van der Waals surface area contributed by atoms with Gasteiger partial charge in [0.05, 0.1) is 27.2 Å². The van der Waals surface area contributed by atoms with Crippen molar-refractivity contribution in [2.75, 3.05) is 41.0 Å². The lowest BCUT2D eigenvalue weighted by atomic mass is 9.99. The first-order valence-electron chi connectivity index (χ1n) is 8.55. The molecule has 0 aliphatic carbocycles. The third-order valence-corrected chi connectivity index (χ3v) is 4.51. The number of carbonyl (C=O) groups excluding carboxylic acids is 1. The number of piperidine rings is 1. The highest BCUT2D eigenvalue weighted by molar-refractivity contribution is 5.76. The molecule has 1 saturated heterocycles. The van der Waals surface area contributed by atoms with E-state index < -0.39 is 11.9 Å². The van der Waals surface area contributed by atoms with Gasteiger partial charge in [-0.3, -0.25) is 4.79 Å². The van der Waals surface area contributed by atoms with Crippen LogP contribution in [0.3, 0.4) is 0 Å². The molecule has 1 aromatic rings. The quantitative estimate of drug-likeness (QED) is 0.763. The van der Waals surface area contributed by atoms with E-state index in [0.717, 1.165) is 5.56 Å². The Balaban J connectivity index is 1.95. The second-order valence-electron chi connectivity index (χ2n) is 6.10. The Bertz CT molecular complexity index is 649. The molecule has 8 nitrogen and oxygen atoms in total. The van der Waals surface area contributed by atoms with Gasteiger partial charge in [-0.2, -0.15) is 0 Å². The molecule has 1 unspecified atom stereocenters. The van der Waals surface area contributed by atoms with Crippen LogP contribution in [0.15, 0.2) is 12.1 Å². The zero-order valence-electron chi connectivity index (χ0n) is 15.4. The van der Waals surface area contributed by atoms with Crippen molar-refractivity contribution in [1.82, 2.24) is 10.2 Å². The van der Waals surface area contributed by atoms with Gasteiger partial charge in [0.1, 0.15) is 0 Å². The third-order valence-electron chi connectivity index (χ3n) is 4.51. The van der Waals surface area contributed by atoms with E-state index in [4.69, 9.17) is 19.3 Å². The molecule has 2 amide bonds. The molecular weight excluding hydrogens is 340 g/mol. The fourth-order valence-electron chi connectivity index (χ4n) is 3.14. The lowest BCUT2D eigenvalue weighted by Gasteiger charge is -2.30. The zero-order valence-corrected chi connectivity index (χ0v) is 15.4. The van der Waals surface area contributed by atoms with Crippen molar-refractivity contribution >= 4 is 12.0 Å². The van der Waals surface area contributed by atoms with Crippen molar-refractivity contribution in [1.29, 1.82) is 0 Å². The summed E-state index contributed by atoms with van der Waals surface area (Å²) in [6.45, 7) is 1.23. The summed E-state index contributed by atoms with van der Waals surface area (Å²) in [4.78, 5) is 25.0. The number of carboxylic acid groups (broad SMARTS) is 1. The largest absolute Gasteiger partial charge is 0.493 e. The fraction of sp³-hybridized carbons (Fsp3) is 0.556. The van der Waals surface area contributed by atoms with Crippen LogP contribution in [0.2, 0.25) is 0 Å². The summed E-state index contributed by atoms with van der Waals surface area (Å²) in [6.07, 6.45) is 1.86. The molecule has 1 atom stereocenters. The van der Waals surface area contributed by atoms with Crippen molar-refractivity contribution in [2.45, 2.75) is 19.3 Å². The second kappa shape index (κ2) is 9.17. The van der Waals surface area contributed by atoms with Gasteiger partial charge in [-0.15, -0.1) is 0 Å². The molecule has 0 radical (unpaired) electrons. The standard InChI is InChI=1S/C18H26N2O6/c1-24-14-7-6-12(15(25-2)16(14)26-3)8-9-19-18(23)20-10-4-5-13(11-20)17(21)22/h6-7,13H,4-5,8-11H2,1-3H3,(H,19,23)(H,21,22). The average Bonchev–Trinajstić information content (AvgIpc) is 2.67. The number of ether oxygens (including phenoxy) is 3. The van der Waals surface area contributed by atoms with E-state index in [1.807, 2.05) is 6.07 Å². The van der Waals surface area contributed by atoms with E-state index in [-0.39, 0.29) is 12.6 Å². The number of hydrogen-bond acceptors (Lipinski definition) is 5. The van der Waals surface area contributed by atoms with E-state index in [9.17, 15) is 9.59 Å². The number of methoxy groups -OCH3 is 3. The number of aliphatic carboxylic acids is 1. The Morgan fingerprint density at radius 2 is 1.92 bits per heavy atom. The molecule has 1 aromatic carbocycles. The van der Waals surface area contributed by atoms with Gasteiger partial charge in [-0.05, 0) is 25.3 Å². The molecule has 1 aliphatic heterocycles. The number of nitrogens with zero attached hydrogens (tertiary/aromatic N) is 1. The summed E-state index contributed by atoms with van der Waals surface area (Å²) in [5, 5.41) is 12.0. The Kier molecular flexibility index (Phi) is 6.94. The topological polar surface area (TPSA) is 97.3 Å². The highest BCUT2D eigenvalue weighted by atomic mass is 16.5. The first-order valence-corrected chi connectivity index (χ1v) is 8.55. The van der Waals surface area contributed by atoms with E-state index in [0.29, 0.717) is 49.6 Å². The zero-order chi connectivity index (χ0) is 19.1. The number of carbonyl (C=O) groups is 2. The number of nitrogens with one attached hydrogen (secondary N) is 1. The Morgan fingerprint density at radius 1 is 1.19 bits per heavy atom. The van der Waals surface area contributed by atoms with Crippen LogP contribution >= 0.6 is 0 Å². The molecular formula is C18H26N2O6. The third kappa shape index (κ3) is 4.50. The van der Waals surface area contributed by atoms with Crippen molar-refractivity contribution in [3.63, 3.8) is 0 Å². The van der Waals surface area contributed by atoms with Crippen LogP contribution in [0.25, 0.3) is 0 Å². The van der Waals surface area contributed by atoms with Gasteiger partial charge in [-0.1, -0.05) is 6.07 Å². The molecule has 1 aliphatic rings. The van der Waals surface area contributed by atoms with Crippen LogP contribution in [-0.4, -0.2) is 63.0 Å². The molecule has 26 heavy (non-hydrogen) atoms. The Hall–Kier alpha value is -2.64. The summed E-state index contributed by atoms with van der Waals surface area (Å²) in [6, 6.07) is 3.42. The van der Waals surface area contributed by atoms with E-state index >= 15 is 0 Å². The first-order chi connectivity index (χ1) is 12.5. The lowest BCUT2D eigenvalue weighted by Crippen LogP contribution is -2.47. The first kappa shape index (κ1) is 19.7. The van der Waals surface area contributed by atoms with Gasteiger partial charge in [0.15, 0.2) is 11.5 Å². The molecule has 2 rings (SSSR count). The lowest BCUT2D eigenvalue weighted by molar-refractivity contribution is -0.143. The van der Waals surface area contributed by atoms with Gasteiger partial charge in [0.2, 0.25) is 5.75 Å². The van der Waals surface area contributed by atoms with Gasteiger partial charge >= 0.3 is 12.0 Å². The number of likely N-dealkylation sites (tertiary alicyclic amines) is 1. The highest BCUT2D eigenvalue weighted by Crippen LogP contribution is 2.39. The molecule has 0 bridgehead atoms. The maximum Gasteiger partial charge on any atom is 0.317 e. The molecule has 0 spiro atoms. The van der Waals surface area contributed by atoms with Crippen molar-refractivity contribution < 1.29 is 28.9 Å². The molecule has 1 heterocycles. The number of hydrogen-bond donors (Lipinski definition) is 2. The van der Waals surface area contributed by atoms with Crippen molar-refractivity contribution in [3.8, 4) is 17.2 Å². The number of benzene rings is 1. The highest BCUT2D eigenvalue weighted by Gasteiger charge is 2.28. The summed E-state index contributed by atoms with van der Waals surface area (Å²) in [7, 11) is 4.65. The van der Waals surface area contributed by atoms with Crippen LogP contribution < -0.4 is 19.5 Å². The van der Waals surface area contributed by atoms with Gasteiger partial charge in [0, 0.05) is 25.2 Å². The van der Waals surface area contributed by atoms with Crippen molar-refractivity contribution in [2.24, 2.45) is 5.92 Å². The number of urea groups is 1. The molecule has 8 heteroatoms. The Morgan fingerprint density at radius 3 is 2.54 bits per heavy atom. The summed E-state index contributed by atoms with van der Waals surface area (Å²) < 4.78 is 16.0. The molecule has 144 valence electrons. The molecule has 0 aromatic heterocycles. The predicted molar refractivity (Wildman–Crippen MR) is 95.1 cm³/mol. The summed E-state index contributed by atoms with van der Waals surface area (Å²) in [5.74, 6) is 0.326. The van der Waals surface area contributed by atoms with Gasteiger partial charge < -0.3 is 29.5 Å². The van der Waals surface area contributed by atoms with Gasteiger partial charge in [-0.25, -0.2) is 4.79 Å². The summed E-state index contributed by atoms with van der Waals surface area (Å²) in [5.41, 5.74) is 0.882. The van der Waals surface area contributed by atoms with Crippen LogP contribution in [0, 0.1) is 5.92 Å². The number of amides is 2. The predicted octanol–water partition coefficient (Wildman–Crippen LogP) is 1.76. The summed E-state index contributed by atoms with van der Waals surface area (Å²) >= 11 is 0. The molecule has 2 N–H and O–H groups in total. The SMILES string of the molecule is COc1ccc(CCNC(=O)N2CCCC(C(=O)O)C2)c(OC)c1OC.